The van der Waals surface area contributed by atoms with Gasteiger partial charge in [0.05, 0.1) is 36.9 Å². The number of para-hydroxylation sites is 2. The van der Waals surface area contributed by atoms with Crippen LogP contribution < -0.4 is 0 Å². The van der Waals surface area contributed by atoms with Gasteiger partial charge in [0.25, 0.3) is 0 Å². The van der Waals surface area contributed by atoms with Gasteiger partial charge < -0.3 is 0 Å². The maximum absolute atomic E-state index is 4.82. The van der Waals surface area contributed by atoms with Crippen LogP contribution >= 0.6 is 0 Å². The molecule has 3 aromatic rings. The molecule has 0 saturated heterocycles. The van der Waals surface area contributed by atoms with Gasteiger partial charge in [-0.1, -0.05) is 146 Å². The molecule has 0 aliphatic rings. The molecule has 3 aromatic carbocycles. The number of hydrogen-bond donors (Lipinski definition) is 0. The molecule has 218 valence electrons. The molecule has 0 aromatic heterocycles. The number of hydrogen-bond acceptors (Lipinski definition) is 3. The largest absolute Gasteiger partial charge is 0.277 e. The molecule has 0 unspecified atom stereocenters. The van der Waals surface area contributed by atoms with Crippen molar-refractivity contribution in [3.8, 4) is 23.7 Å². The second kappa shape index (κ2) is 16.5. The van der Waals surface area contributed by atoms with E-state index in [1.165, 1.54) is 27.8 Å². The van der Waals surface area contributed by atoms with Crippen molar-refractivity contribution in [3.05, 3.63) is 94.5 Å². The van der Waals surface area contributed by atoms with Gasteiger partial charge >= 0.3 is 0 Å². The van der Waals surface area contributed by atoms with E-state index in [4.69, 9.17) is 9.98 Å². The van der Waals surface area contributed by atoms with E-state index in [2.05, 4.69) is 145 Å². The summed E-state index contributed by atoms with van der Waals surface area (Å²) in [6, 6.07) is 23.4. The number of nitrogens with zero attached hydrogens (tertiary/aromatic N) is 3. The van der Waals surface area contributed by atoms with Crippen LogP contribution in [0.5, 0.6) is 0 Å². The number of benzene rings is 3. The lowest BCUT2D eigenvalue weighted by molar-refractivity contribution is 0.338. The minimum Gasteiger partial charge on any atom is -0.277 e. The molecule has 0 radical (unpaired) electrons. The van der Waals surface area contributed by atoms with Crippen LogP contribution in [0.3, 0.4) is 0 Å². The predicted octanol–water partition coefficient (Wildman–Crippen LogP) is 9.79. The van der Waals surface area contributed by atoms with Crippen LogP contribution in [0, 0.1) is 23.7 Å². The summed E-state index contributed by atoms with van der Waals surface area (Å²) < 4.78 is 0. The van der Waals surface area contributed by atoms with Gasteiger partial charge in [0, 0.05) is 6.54 Å². The molecule has 0 heterocycles. The molecule has 42 heavy (non-hydrogen) atoms. The molecule has 0 fully saturated rings. The molecule has 0 spiro atoms. The summed E-state index contributed by atoms with van der Waals surface area (Å²) in [4.78, 5) is 11.9. The molecule has 0 aliphatic heterocycles. The fourth-order valence-electron chi connectivity index (χ4n) is 4.93. The van der Waals surface area contributed by atoms with E-state index in [-0.39, 0.29) is 0 Å². The smallest absolute Gasteiger partial charge is 0.0774 e. The minimum absolute atomic E-state index is 0.406. The fraction of sp³-hybridized carbons (Fsp3) is 0.385. The highest BCUT2D eigenvalue weighted by molar-refractivity contribution is 5.82. The summed E-state index contributed by atoms with van der Waals surface area (Å²) in [7, 11) is 0. The van der Waals surface area contributed by atoms with Gasteiger partial charge in [-0.2, -0.15) is 0 Å². The maximum atomic E-state index is 4.82. The van der Waals surface area contributed by atoms with Crippen LogP contribution in [-0.4, -0.2) is 30.4 Å². The van der Waals surface area contributed by atoms with E-state index in [1.54, 1.807) is 12.4 Å². The maximum Gasteiger partial charge on any atom is 0.0774 e. The normalized spacial score (nSPS) is 11.6. The molecule has 0 saturated carbocycles. The molecule has 0 bridgehead atoms. The Labute approximate surface area is 255 Å². The van der Waals surface area contributed by atoms with Gasteiger partial charge in [0.15, 0.2) is 0 Å². The Kier molecular flexibility index (Phi) is 12.8. The van der Waals surface area contributed by atoms with E-state index < -0.39 is 0 Å². The zero-order chi connectivity index (χ0) is 30.5. The van der Waals surface area contributed by atoms with E-state index in [1.807, 2.05) is 6.07 Å². The van der Waals surface area contributed by atoms with Gasteiger partial charge in [0.2, 0.25) is 0 Å². The van der Waals surface area contributed by atoms with Crippen molar-refractivity contribution in [2.24, 2.45) is 9.98 Å². The first-order valence-corrected chi connectivity index (χ1v) is 15.2. The van der Waals surface area contributed by atoms with Gasteiger partial charge in [-0.15, -0.1) is 0 Å². The summed E-state index contributed by atoms with van der Waals surface area (Å²) in [5.74, 6) is 14.6. The van der Waals surface area contributed by atoms with Crippen molar-refractivity contribution < 1.29 is 0 Å². The van der Waals surface area contributed by atoms with Gasteiger partial charge in [-0.3, -0.25) is 4.90 Å². The SMILES string of the molecule is CC(C)c1cccc(C(C)C)c1N=CC#CCN(CC#CC=Nc1c(C(C)C)cccc1C(C)C)Cc1ccccc1. The van der Waals surface area contributed by atoms with Crippen molar-refractivity contribution >= 4 is 23.8 Å². The Balaban J connectivity index is 1.77. The first-order chi connectivity index (χ1) is 20.2. The second-order valence-corrected chi connectivity index (χ2v) is 12.0. The van der Waals surface area contributed by atoms with Crippen LogP contribution in [0.25, 0.3) is 0 Å². The number of aliphatic imine (C=N–C) groups is 2. The third-order valence-electron chi connectivity index (χ3n) is 7.26. The van der Waals surface area contributed by atoms with Crippen LogP contribution in [0.2, 0.25) is 0 Å². The van der Waals surface area contributed by atoms with Gasteiger partial charge in [-0.05, 0) is 51.5 Å². The standard InChI is InChI=1S/C39H47N3/c1-29(2)34-20-16-21-35(30(3)4)38(34)40-24-12-14-26-42(28-33-18-10-9-11-19-33)27-15-13-25-41-39-36(31(5)6)22-17-23-37(39)32(7)8/h9-11,16-25,29-32H,26-28H2,1-8H3. The highest BCUT2D eigenvalue weighted by atomic mass is 15.1. The molecule has 3 nitrogen and oxygen atoms in total. The van der Waals surface area contributed by atoms with E-state index in [0.717, 1.165) is 17.9 Å². The summed E-state index contributed by atoms with van der Waals surface area (Å²) >= 11 is 0. The number of rotatable bonds is 10. The molecule has 0 aliphatic carbocycles. The molecule has 0 atom stereocenters. The van der Waals surface area contributed by atoms with Crippen LogP contribution in [0.4, 0.5) is 11.4 Å². The van der Waals surface area contributed by atoms with Crippen LogP contribution in [0.15, 0.2) is 76.7 Å². The summed E-state index contributed by atoms with van der Waals surface area (Å²) in [5, 5.41) is 0. The molecule has 3 heteroatoms. The van der Waals surface area contributed by atoms with Crippen molar-refractivity contribution in [3.63, 3.8) is 0 Å². The third-order valence-corrected chi connectivity index (χ3v) is 7.26. The topological polar surface area (TPSA) is 28.0 Å². The van der Waals surface area contributed by atoms with Crippen molar-refractivity contribution in [2.75, 3.05) is 13.1 Å². The quantitative estimate of drug-likeness (QED) is 0.180. The second-order valence-electron chi connectivity index (χ2n) is 12.0. The molecular formula is C39H47N3. The molecular weight excluding hydrogens is 510 g/mol. The van der Waals surface area contributed by atoms with Crippen LogP contribution in [0.1, 0.15) is 107 Å². The Morgan fingerprint density at radius 2 is 0.929 bits per heavy atom. The fourth-order valence-corrected chi connectivity index (χ4v) is 4.93. The Bertz CT molecular complexity index is 1320. The van der Waals surface area contributed by atoms with E-state index in [0.29, 0.717) is 36.8 Å². The summed E-state index contributed by atoms with van der Waals surface area (Å²) in [6.45, 7) is 19.7. The Hall–Kier alpha value is -3.92. The average Bonchev–Trinajstić information content (AvgIpc) is 2.96. The Morgan fingerprint density at radius 1 is 0.548 bits per heavy atom. The molecule has 0 amide bonds. The zero-order valence-corrected chi connectivity index (χ0v) is 26.8. The average molecular weight is 558 g/mol. The van der Waals surface area contributed by atoms with Crippen molar-refractivity contribution in [1.29, 1.82) is 0 Å². The lowest BCUT2D eigenvalue weighted by Crippen LogP contribution is -2.24. The van der Waals surface area contributed by atoms with Gasteiger partial charge in [-0.25, -0.2) is 9.98 Å². The monoisotopic (exact) mass is 557 g/mol. The van der Waals surface area contributed by atoms with Gasteiger partial charge in [0.1, 0.15) is 0 Å². The van der Waals surface area contributed by atoms with Crippen molar-refractivity contribution in [2.45, 2.75) is 85.6 Å². The predicted molar refractivity (Wildman–Crippen MR) is 183 cm³/mol. The lowest BCUT2D eigenvalue weighted by atomic mass is 9.93. The molecule has 0 N–H and O–H groups in total. The lowest BCUT2D eigenvalue weighted by Gasteiger charge is -2.16. The third kappa shape index (κ3) is 9.58. The first-order valence-electron chi connectivity index (χ1n) is 15.2. The highest BCUT2D eigenvalue weighted by Crippen LogP contribution is 2.35. The Morgan fingerprint density at radius 3 is 1.29 bits per heavy atom. The minimum atomic E-state index is 0.406. The summed E-state index contributed by atoms with van der Waals surface area (Å²) in [6.07, 6.45) is 3.51. The van der Waals surface area contributed by atoms with Crippen molar-refractivity contribution in [1.82, 2.24) is 4.90 Å². The molecule has 3 rings (SSSR count). The highest BCUT2D eigenvalue weighted by Gasteiger charge is 2.13. The van der Waals surface area contributed by atoms with E-state index >= 15 is 0 Å². The van der Waals surface area contributed by atoms with E-state index in [9.17, 15) is 0 Å². The zero-order valence-electron chi connectivity index (χ0n) is 26.8. The summed E-state index contributed by atoms with van der Waals surface area (Å²) in [5.41, 5.74) is 8.41. The van der Waals surface area contributed by atoms with Crippen LogP contribution in [-0.2, 0) is 6.54 Å². The first kappa shape index (κ1) is 32.6.